The van der Waals surface area contributed by atoms with E-state index >= 15 is 0 Å². The third kappa shape index (κ3) is 3.77. The summed E-state index contributed by atoms with van der Waals surface area (Å²) in [7, 11) is 0. The van der Waals surface area contributed by atoms with Gasteiger partial charge in [0, 0.05) is 17.2 Å². The van der Waals surface area contributed by atoms with E-state index in [1.807, 2.05) is 61.5 Å². The minimum atomic E-state index is -0.378. The summed E-state index contributed by atoms with van der Waals surface area (Å²) in [5, 5.41) is 14.5. The number of amides is 1. The number of benzene rings is 2. The fraction of sp³-hybridized carbons (Fsp3) is 0.100. The second-order valence-corrected chi connectivity index (χ2v) is 5.99. The Labute approximate surface area is 155 Å². The first-order valence-electron chi connectivity index (χ1n) is 8.39. The quantitative estimate of drug-likeness (QED) is 0.584. The summed E-state index contributed by atoms with van der Waals surface area (Å²) >= 11 is 0. The zero-order valence-corrected chi connectivity index (χ0v) is 14.5. The summed E-state index contributed by atoms with van der Waals surface area (Å²) in [5.41, 5.74) is 3.01. The Morgan fingerprint density at radius 3 is 2.56 bits per heavy atom. The van der Waals surface area contributed by atoms with Crippen molar-refractivity contribution in [1.82, 2.24) is 20.7 Å². The van der Waals surface area contributed by atoms with Crippen LogP contribution in [0.3, 0.4) is 0 Å². The highest BCUT2D eigenvalue weighted by atomic mass is 16.5. The van der Waals surface area contributed by atoms with Gasteiger partial charge in [-0.25, -0.2) is 0 Å². The van der Waals surface area contributed by atoms with Crippen molar-refractivity contribution in [3.8, 4) is 22.8 Å². The van der Waals surface area contributed by atoms with Crippen molar-refractivity contribution in [1.29, 1.82) is 0 Å². The van der Waals surface area contributed by atoms with Crippen LogP contribution in [0.5, 0.6) is 0 Å². The van der Waals surface area contributed by atoms with Gasteiger partial charge in [0.2, 0.25) is 11.8 Å². The second kappa shape index (κ2) is 7.25. The van der Waals surface area contributed by atoms with Gasteiger partial charge in [-0.05, 0) is 19.1 Å². The molecule has 0 aliphatic rings. The first kappa shape index (κ1) is 16.7. The molecule has 1 N–H and O–H groups in total. The first-order valence-corrected chi connectivity index (χ1v) is 8.39. The van der Waals surface area contributed by atoms with Crippen molar-refractivity contribution in [3.05, 3.63) is 77.8 Å². The Kier molecular flexibility index (Phi) is 4.49. The van der Waals surface area contributed by atoms with Crippen molar-refractivity contribution in [2.24, 2.45) is 0 Å². The molecule has 7 heteroatoms. The molecule has 1 amide bonds. The molecule has 2 aromatic heterocycles. The van der Waals surface area contributed by atoms with Gasteiger partial charge >= 0.3 is 0 Å². The van der Waals surface area contributed by atoms with Crippen LogP contribution in [0.25, 0.3) is 22.8 Å². The van der Waals surface area contributed by atoms with Gasteiger partial charge < -0.3 is 14.3 Å². The van der Waals surface area contributed by atoms with E-state index in [1.54, 1.807) is 6.07 Å². The van der Waals surface area contributed by atoms with Crippen LogP contribution in [-0.4, -0.2) is 21.3 Å². The second-order valence-electron chi connectivity index (χ2n) is 5.99. The van der Waals surface area contributed by atoms with E-state index in [-0.39, 0.29) is 18.1 Å². The van der Waals surface area contributed by atoms with Crippen molar-refractivity contribution in [3.63, 3.8) is 0 Å². The van der Waals surface area contributed by atoms with Gasteiger partial charge in [0.05, 0.1) is 6.54 Å². The zero-order chi connectivity index (χ0) is 18.6. The van der Waals surface area contributed by atoms with Gasteiger partial charge in [0.1, 0.15) is 0 Å². The number of carbonyl (C=O) groups is 1. The maximum atomic E-state index is 12.3. The molecule has 0 fully saturated rings. The maximum absolute atomic E-state index is 12.3. The van der Waals surface area contributed by atoms with Crippen molar-refractivity contribution in [2.45, 2.75) is 13.5 Å². The van der Waals surface area contributed by atoms with E-state index in [9.17, 15) is 4.79 Å². The molecule has 2 aromatic carbocycles. The molecule has 0 atom stereocenters. The topological polar surface area (TPSA) is 94.1 Å². The van der Waals surface area contributed by atoms with E-state index in [4.69, 9.17) is 8.94 Å². The lowest BCUT2D eigenvalue weighted by Gasteiger charge is -1.98. The monoisotopic (exact) mass is 360 g/mol. The molecule has 134 valence electrons. The molecule has 4 rings (SSSR count). The lowest BCUT2D eigenvalue weighted by atomic mass is 10.1. The summed E-state index contributed by atoms with van der Waals surface area (Å²) in [5.74, 6) is 0.869. The van der Waals surface area contributed by atoms with Crippen molar-refractivity contribution >= 4 is 5.91 Å². The molecule has 0 bridgehead atoms. The fourth-order valence-corrected chi connectivity index (χ4v) is 2.50. The van der Waals surface area contributed by atoms with Crippen molar-refractivity contribution < 1.29 is 13.7 Å². The van der Waals surface area contributed by atoms with Gasteiger partial charge in [-0.15, -0.1) is 10.2 Å². The number of hydrogen-bond donors (Lipinski definition) is 1. The molecule has 0 saturated carbocycles. The summed E-state index contributed by atoms with van der Waals surface area (Å²) in [6.45, 7) is 2.11. The van der Waals surface area contributed by atoms with Crippen LogP contribution in [0, 0.1) is 6.92 Å². The number of hydrogen-bond acceptors (Lipinski definition) is 6. The highest BCUT2D eigenvalue weighted by Crippen LogP contribution is 2.21. The van der Waals surface area contributed by atoms with Crippen LogP contribution < -0.4 is 5.32 Å². The first-order chi connectivity index (χ1) is 13.2. The van der Waals surface area contributed by atoms with E-state index in [2.05, 4.69) is 20.7 Å². The zero-order valence-electron chi connectivity index (χ0n) is 14.5. The molecule has 0 saturated heterocycles. The number of nitrogens with zero attached hydrogens (tertiary/aromatic N) is 3. The summed E-state index contributed by atoms with van der Waals surface area (Å²) in [4.78, 5) is 12.3. The molecule has 2 heterocycles. The standard InChI is InChI=1S/C20H16N4O3/c1-13-7-9-14(10-8-13)17-11-16(24-27-17)19(25)21-12-18-22-23-20(26-18)15-5-3-2-4-6-15/h2-11H,12H2,1H3,(H,21,25). The Hall–Kier alpha value is -3.74. The highest BCUT2D eigenvalue weighted by Gasteiger charge is 2.15. The molecule has 4 aromatic rings. The maximum Gasteiger partial charge on any atom is 0.273 e. The average molecular weight is 360 g/mol. The molecule has 0 unspecified atom stereocenters. The Balaban J connectivity index is 1.40. The minimum absolute atomic E-state index is 0.103. The lowest BCUT2D eigenvalue weighted by Crippen LogP contribution is -2.23. The molecule has 0 aliphatic heterocycles. The predicted molar refractivity (Wildman–Crippen MR) is 97.6 cm³/mol. The smallest absolute Gasteiger partial charge is 0.273 e. The van der Waals surface area contributed by atoms with Crippen LogP contribution in [0.1, 0.15) is 21.9 Å². The van der Waals surface area contributed by atoms with Crippen LogP contribution in [0.15, 0.2) is 69.6 Å². The number of rotatable bonds is 5. The molecule has 0 radical (unpaired) electrons. The predicted octanol–water partition coefficient (Wildman–Crippen LogP) is 3.63. The number of carbonyl (C=O) groups excluding carboxylic acids is 1. The van der Waals surface area contributed by atoms with E-state index in [1.165, 1.54) is 0 Å². The van der Waals surface area contributed by atoms with E-state index < -0.39 is 0 Å². The van der Waals surface area contributed by atoms with Crippen LogP contribution in [0.2, 0.25) is 0 Å². The Morgan fingerprint density at radius 2 is 1.78 bits per heavy atom. The van der Waals surface area contributed by atoms with Gasteiger partial charge in [0.15, 0.2) is 11.5 Å². The van der Waals surface area contributed by atoms with Gasteiger partial charge in [-0.2, -0.15) is 0 Å². The Morgan fingerprint density at radius 1 is 1.00 bits per heavy atom. The molecule has 0 spiro atoms. The molecule has 0 aliphatic carbocycles. The lowest BCUT2D eigenvalue weighted by molar-refractivity contribution is 0.0938. The SMILES string of the molecule is Cc1ccc(-c2cc(C(=O)NCc3nnc(-c4ccccc4)o3)no2)cc1. The molecule has 27 heavy (non-hydrogen) atoms. The fourth-order valence-electron chi connectivity index (χ4n) is 2.50. The highest BCUT2D eigenvalue weighted by molar-refractivity contribution is 5.92. The van der Waals surface area contributed by atoms with Crippen LogP contribution in [0.4, 0.5) is 0 Å². The summed E-state index contributed by atoms with van der Waals surface area (Å²) < 4.78 is 10.8. The van der Waals surface area contributed by atoms with Crippen molar-refractivity contribution in [2.75, 3.05) is 0 Å². The number of aryl methyl sites for hydroxylation is 1. The van der Waals surface area contributed by atoms with Gasteiger partial charge in [-0.3, -0.25) is 4.79 Å². The van der Waals surface area contributed by atoms with Gasteiger partial charge in [-0.1, -0.05) is 53.2 Å². The molecular weight excluding hydrogens is 344 g/mol. The number of aromatic nitrogens is 3. The minimum Gasteiger partial charge on any atom is -0.419 e. The Bertz CT molecular complexity index is 1050. The van der Waals surface area contributed by atoms with Gasteiger partial charge in [0.25, 0.3) is 5.91 Å². The van der Waals surface area contributed by atoms with Crippen LogP contribution in [-0.2, 0) is 6.54 Å². The summed E-state index contributed by atoms with van der Waals surface area (Å²) in [6, 6.07) is 18.8. The molecule has 7 nitrogen and oxygen atoms in total. The number of nitrogens with one attached hydrogen (secondary N) is 1. The molecular formula is C20H16N4O3. The third-order valence-electron chi connectivity index (χ3n) is 3.97. The third-order valence-corrected chi connectivity index (χ3v) is 3.97. The van der Waals surface area contributed by atoms with E-state index in [0.717, 1.165) is 16.7 Å². The summed E-state index contributed by atoms with van der Waals surface area (Å²) in [6.07, 6.45) is 0. The largest absolute Gasteiger partial charge is 0.419 e. The normalized spacial score (nSPS) is 10.7. The average Bonchev–Trinajstić information content (AvgIpc) is 3.37. The van der Waals surface area contributed by atoms with E-state index in [0.29, 0.717) is 17.5 Å². The van der Waals surface area contributed by atoms with Crippen LogP contribution >= 0.6 is 0 Å².